The lowest BCUT2D eigenvalue weighted by Gasteiger charge is -2.07. The summed E-state index contributed by atoms with van der Waals surface area (Å²) in [6.45, 7) is 0.0586. The maximum atomic E-state index is 11.1. The molecule has 110 valence electrons. The first-order valence-corrected chi connectivity index (χ1v) is 6.20. The molecule has 0 saturated carbocycles. The van der Waals surface area contributed by atoms with Gasteiger partial charge in [0.15, 0.2) is 0 Å². The molecule has 2 N–H and O–H groups in total. The Balaban J connectivity index is 2.28. The minimum absolute atomic E-state index is 0.0586. The molecule has 8 heteroatoms. The topological polar surface area (TPSA) is 110 Å². The van der Waals surface area contributed by atoms with Crippen LogP contribution < -0.4 is 10.1 Å². The van der Waals surface area contributed by atoms with Crippen molar-refractivity contribution in [3.63, 3.8) is 0 Å². The highest BCUT2D eigenvalue weighted by molar-refractivity contribution is 5.61. The molecule has 0 fully saturated rings. The van der Waals surface area contributed by atoms with Gasteiger partial charge in [-0.15, -0.1) is 0 Å². The SMILES string of the molecule is CNc1ncnc(Oc2ccc(CCO)cc2)c1[N+](=O)[O-]. The predicted molar refractivity (Wildman–Crippen MR) is 75.5 cm³/mol. The number of aliphatic hydroxyl groups is 1. The Kier molecular flexibility index (Phi) is 4.62. The fourth-order valence-corrected chi connectivity index (χ4v) is 1.75. The van der Waals surface area contributed by atoms with Crippen LogP contribution in [0.4, 0.5) is 11.5 Å². The summed E-state index contributed by atoms with van der Waals surface area (Å²) >= 11 is 0. The van der Waals surface area contributed by atoms with E-state index in [9.17, 15) is 10.1 Å². The van der Waals surface area contributed by atoms with Gasteiger partial charge in [0.2, 0.25) is 5.82 Å². The Hall–Kier alpha value is -2.74. The first kappa shape index (κ1) is 14.7. The Labute approximate surface area is 120 Å². The Morgan fingerprint density at radius 2 is 2.05 bits per heavy atom. The molecule has 0 spiro atoms. The summed E-state index contributed by atoms with van der Waals surface area (Å²) in [6.07, 6.45) is 1.73. The van der Waals surface area contributed by atoms with E-state index in [1.807, 2.05) is 0 Å². The first-order valence-electron chi connectivity index (χ1n) is 6.20. The largest absolute Gasteiger partial charge is 0.434 e. The van der Waals surface area contributed by atoms with Crippen LogP contribution in [-0.4, -0.2) is 33.7 Å². The zero-order chi connectivity index (χ0) is 15.2. The molecule has 0 unspecified atom stereocenters. The van der Waals surface area contributed by atoms with Gasteiger partial charge in [0.25, 0.3) is 0 Å². The van der Waals surface area contributed by atoms with Gasteiger partial charge in [0.1, 0.15) is 12.1 Å². The van der Waals surface area contributed by atoms with Crippen LogP contribution in [0, 0.1) is 10.1 Å². The molecule has 8 nitrogen and oxygen atoms in total. The maximum absolute atomic E-state index is 11.1. The predicted octanol–water partition coefficient (Wildman–Crippen LogP) is 1.75. The van der Waals surface area contributed by atoms with Gasteiger partial charge in [0, 0.05) is 13.7 Å². The number of aliphatic hydroxyl groups excluding tert-OH is 1. The maximum Gasteiger partial charge on any atom is 0.373 e. The lowest BCUT2D eigenvalue weighted by atomic mass is 10.1. The number of nitro groups is 1. The molecule has 0 aliphatic rings. The number of aromatic nitrogens is 2. The van der Waals surface area contributed by atoms with E-state index in [1.54, 1.807) is 24.3 Å². The molecule has 0 atom stereocenters. The van der Waals surface area contributed by atoms with Crippen LogP contribution in [0.2, 0.25) is 0 Å². The summed E-state index contributed by atoms with van der Waals surface area (Å²) in [5.41, 5.74) is 0.623. The summed E-state index contributed by atoms with van der Waals surface area (Å²) in [4.78, 5) is 18.1. The third-order valence-electron chi connectivity index (χ3n) is 2.75. The highest BCUT2D eigenvalue weighted by Crippen LogP contribution is 2.33. The lowest BCUT2D eigenvalue weighted by Crippen LogP contribution is -2.03. The fraction of sp³-hybridized carbons (Fsp3) is 0.231. The molecule has 2 aromatic rings. The van der Waals surface area contributed by atoms with E-state index in [2.05, 4.69) is 15.3 Å². The molecule has 1 heterocycles. The minimum atomic E-state index is -0.596. The monoisotopic (exact) mass is 290 g/mol. The molecule has 0 aliphatic carbocycles. The van der Waals surface area contributed by atoms with E-state index in [0.717, 1.165) is 5.56 Å². The number of nitrogens with one attached hydrogen (secondary N) is 1. The van der Waals surface area contributed by atoms with Crippen molar-refractivity contribution in [1.29, 1.82) is 0 Å². The lowest BCUT2D eigenvalue weighted by molar-refractivity contribution is -0.385. The zero-order valence-electron chi connectivity index (χ0n) is 11.3. The second kappa shape index (κ2) is 6.62. The molecule has 21 heavy (non-hydrogen) atoms. The molecule has 0 aliphatic heterocycles. The molecule has 0 amide bonds. The summed E-state index contributed by atoms with van der Waals surface area (Å²) in [5, 5.41) is 22.6. The van der Waals surface area contributed by atoms with Crippen molar-refractivity contribution < 1.29 is 14.8 Å². The zero-order valence-corrected chi connectivity index (χ0v) is 11.3. The van der Waals surface area contributed by atoms with Crippen LogP contribution in [0.15, 0.2) is 30.6 Å². The second-order valence-electron chi connectivity index (χ2n) is 4.10. The van der Waals surface area contributed by atoms with Gasteiger partial charge in [-0.25, -0.2) is 4.98 Å². The van der Waals surface area contributed by atoms with Crippen molar-refractivity contribution in [3.05, 3.63) is 46.3 Å². The quantitative estimate of drug-likeness (QED) is 0.616. The number of hydrogen-bond donors (Lipinski definition) is 2. The van der Waals surface area contributed by atoms with Gasteiger partial charge in [-0.05, 0) is 24.1 Å². The highest BCUT2D eigenvalue weighted by atomic mass is 16.6. The molecule has 1 aromatic heterocycles. The Morgan fingerprint density at radius 3 is 2.62 bits per heavy atom. The van der Waals surface area contributed by atoms with E-state index in [-0.39, 0.29) is 24.0 Å². The number of rotatable bonds is 6. The summed E-state index contributed by atoms with van der Waals surface area (Å²) in [5.74, 6) is 0.372. The van der Waals surface area contributed by atoms with Crippen molar-refractivity contribution >= 4 is 11.5 Å². The normalized spacial score (nSPS) is 10.2. The first-order chi connectivity index (χ1) is 10.2. The molecular formula is C13H14N4O4. The average molecular weight is 290 g/mol. The van der Waals surface area contributed by atoms with E-state index in [4.69, 9.17) is 9.84 Å². The molecular weight excluding hydrogens is 276 g/mol. The fourth-order valence-electron chi connectivity index (χ4n) is 1.75. The average Bonchev–Trinajstić information content (AvgIpc) is 2.49. The van der Waals surface area contributed by atoms with Gasteiger partial charge in [-0.3, -0.25) is 10.1 Å². The molecule has 0 radical (unpaired) electrons. The number of nitrogens with zero attached hydrogens (tertiary/aromatic N) is 3. The molecule has 0 bridgehead atoms. The standard InChI is InChI=1S/C13H14N4O4/c1-14-12-11(17(19)20)13(16-8-15-12)21-10-4-2-9(3-5-10)6-7-18/h2-5,8,18H,6-7H2,1H3,(H,14,15,16). The van der Waals surface area contributed by atoms with Crippen molar-refractivity contribution in [1.82, 2.24) is 9.97 Å². The van der Waals surface area contributed by atoms with Crippen molar-refractivity contribution in [2.75, 3.05) is 19.0 Å². The Morgan fingerprint density at radius 1 is 1.33 bits per heavy atom. The van der Waals surface area contributed by atoms with E-state index in [1.165, 1.54) is 13.4 Å². The van der Waals surface area contributed by atoms with Crippen LogP contribution in [0.5, 0.6) is 11.6 Å². The number of anilines is 1. The minimum Gasteiger partial charge on any atom is -0.434 e. The van der Waals surface area contributed by atoms with Crippen LogP contribution in [0.1, 0.15) is 5.56 Å². The van der Waals surface area contributed by atoms with Gasteiger partial charge in [-0.1, -0.05) is 12.1 Å². The van der Waals surface area contributed by atoms with E-state index in [0.29, 0.717) is 12.2 Å². The highest BCUT2D eigenvalue weighted by Gasteiger charge is 2.24. The van der Waals surface area contributed by atoms with Crippen molar-refractivity contribution in [3.8, 4) is 11.6 Å². The van der Waals surface area contributed by atoms with Crippen molar-refractivity contribution in [2.24, 2.45) is 0 Å². The van der Waals surface area contributed by atoms with E-state index >= 15 is 0 Å². The smallest absolute Gasteiger partial charge is 0.373 e. The second-order valence-corrected chi connectivity index (χ2v) is 4.10. The molecule has 2 rings (SSSR count). The number of ether oxygens (including phenoxy) is 1. The van der Waals surface area contributed by atoms with Crippen molar-refractivity contribution in [2.45, 2.75) is 6.42 Å². The van der Waals surface area contributed by atoms with Crippen LogP contribution in [0.25, 0.3) is 0 Å². The Bertz CT molecular complexity index is 631. The molecule has 1 aromatic carbocycles. The van der Waals surface area contributed by atoms with Gasteiger partial charge in [-0.2, -0.15) is 4.98 Å². The summed E-state index contributed by atoms with van der Waals surface area (Å²) in [7, 11) is 1.53. The van der Waals surface area contributed by atoms with Gasteiger partial charge < -0.3 is 15.2 Å². The van der Waals surface area contributed by atoms with Crippen LogP contribution in [-0.2, 0) is 6.42 Å². The third-order valence-corrected chi connectivity index (χ3v) is 2.75. The number of benzene rings is 1. The van der Waals surface area contributed by atoms with E-state index < -0.39 is 4.92 Å². The van der Waals surface area contributed by atoms with Crippen LogP contribution in [0.3, 0.4) is 0 Å². The summed E-state index contributed by atoms with van der Waals surface area (Å²) < 4.78 is 5.45. The molecule has 0 saturated heterocycles. The number of hydrogen-bond acceptors (Lipinski definition) is 7. The van der Waals surface area contributed by atoms with Gasteiger partial charge >= 0.3 is 11.6 Å². The van der Waals surface area contributed by atoms with Gasteiger partial charge in [0.05, 0.1) is 4.92 Å². The summed E-state index contributed by atoms with van der Waals surface area (Å²) in [6, 6.07) is 6.88. The van der Waals surface area contributed by atoms with Crippen LogP contribution >= 0.6 is 0 Å². The third kappa shape index (κ3) is 3.42.